The van der Waals surface area contributed by atoms with Crippen LogP contribution in [0.15, 0.2) is 36.5 Å². The second kappa shape index (κ2) is 56.2. The van der Waals surface area contributed by atoms with E-state index in [1.807, 2.05) is 0 Å². The third-order valence-electron chi connectivity index (χ3n) is 13.2. The van der Waals surface area contributed by atoms with Crippen LogP contribution in [0.2, 0.25) is 0 Å². The maximum absolute atomic E-state index is 12.9. The van der Waals surface area contributed by atoms with Gasteiger partial charge in [-0.2, -0.15) is 0 Å². The molecule has 67 heavy (non-hydrogen) atoms. The van der Waals surface area contributed by atoms with Gasteiger partial charge in [0, 0.05) is 19.3 Å². The Kier molecular flexibility index (Phi) is 54.2. The van der Waals surface area contributed by atoms with E-state index in [-0.39, 0.29) is 31.1 Å². The molecular weight excluding hydrogens is 829 g/mol. The smallest absolute Gasteiger partial charge is 0.306 e. The molecule has 0 bridgehead atoms. The van der Waals surface area contributed by atoms with Crippen molar-refractivity contribution in [2.45, 2.75) is 322 Å². The summed E-state index contributed by atoms with van der Waals surface area (Å²) in [6.45, 7) is 6.57. The van der Waals surface area contributed by atoms with E-state index in [1.54, 1.807) is 0 Å². The second-order valence-electron chi connectivity index (χ2n) is 19.9. The molecule has 0 amide bonds. The summed E-state index contributed by atoms with van der Waals surface area (Å²) in [7, 11) is 0. The summed E-state index contributed by atoms with van der Waals surface area (Å²) in [6, 6.07) is 0. The zero-order valence-corrected chi connectivity index (χ0v) is 44.9. The van der Waals surface area contributed by atoms with Gasteiger partial charge in [-0.25, -0.2) is 0 Å². The number of ether oxygens (including phenoxy) is 3. The van der Waals surface area contributed by atoms with Crippen molar-refractivity contribution in [2.75, 3.05) is 13.2 Å². The number of hydrogen-bond donors (Lipinski definition) is 0. The number of esters is 3. The predicted molar refractivity (Wildman–Crippen MR) is 289 cm³/mol. The first-order valence-corrected chi connectivity index (χ1v) is 29.5. The monoisotopic (exact) mass is 941 g/mol. The van der Waals surface area contributed by atoms with Gasteiger partial charge >= 0.3 is 17.9 Å². The Morgan fingerprint density at radius 2 is 0.582 bits per heavy atom. The number of unbranched alkanes of at least 4 members (excludes halogenated alkanes) is 37. The van der Waals surface area contributed by atoms with Crippen molar-refractivity contribution in [1.29, 1.82) is 0 Å². The molecule has 0 heterocycles. The molecule has 392 valence electrons. The standard InChI is InChI=1S/C61H112O6/c1-4-7-10-13-16-19-22-25-28-30-33-36-39-42-45-48-51-54-60(63)66-57-58(56-65-59(62)53-50-47-44-41-38-35-32-27-24-21-18-15-12-9-6-3)67-61(64)55-52-49-46-43-40-37-34-31-29-26-23-20-17-14-11-8-5-2/h9,12,18,21,27,32,58H,4-8,10-11,13-17,19-20,22-26,28-31,33-57H2,1-3H3/b12-9-,21-18-,32-27-. The molecule has 0 aromatic rings. The maximum Gasteiger partial charge on any atom is 0.306 e. The fourth-order valence-electron chi connectivity index (χ4n) is 8.75. The van der Waals surface area contributed by atoms with E-state index >= 15 is 0 Å². The SMILES string of the molecule is CC/C=C\C/C=C\C/C=C\CCCCCCCC(=O)OCC(COC(=O)CCCCCCCCCCCCCCCCCCC)OC(=O)CCCCCCCCCCCCCCCCCCC. The minimum atomic E-state index is -0.775. The van der Waals surface area contributed by atoms with Crippen LogP contribution in [0.1, 0.15) is 316 Å². The highest BCUT2D eigenvalue weighted by molar-refractivity contribution is 5.71. The van der Waals surface area contributed by atoms with E-state index in [9.17, 15) is 14.4 Å². The Morgan fingerprint density at radius 1 is 0.313 bits per heavy atom. The Labute approximate surface area is 416 Å². The lowest BCUT2D eigenvalue weighted by Crippen LogP contribution is -2.30. The Bertz CT molecular complexity index is 1130. The van der Waals surface area contributed by atoms with Gasteiger partial charge in [-0.3, -0.25) is 14.4 Å². The van der Waals surface area contributed by atoms with Gasteiger partial charge in [-0.1, -0.05) is 282 Å². The molecule has 0 spiro atoms. The van der Waals surface area contributed by atoms with Crippen LogP contribution in [0.3, 0.4) is 0 Å². The highest BCUT2D eigenvalue weighted by Crippen LogP contribution is 2.17. The predicted octanol–water partition coefficient (Wildman–Crippen LogP) is 19.7. The largest absolute Gasteiger partial charge is 0.462 e. The molecule has 6 nitrogen and oxygen atoms in total. The molecule has 0 aromatic carbocycles. The van der Waals surface area contributed by atoms with E-state index in [1.165, 1.54) is 180 Å². The first kappa shape index (κ1) is 64.6. The first-order chi connectivity index (χ1) is 33.0. The third-order valence-corrected chi connectivity index (χ3v) is 13.2. The fourth-order valence-corrected chi connectivity index (χ4v) is 8.75. The van der Waals surface area contributed by atoms with E-state index < -0.39 is 6.10 Å². The number of allylic oxidation sites excluding steroid dienone is 6. The zero-order chi connectivity index (χ0) is 48.6. The molecule has 0 radical (unpaired) electrons. The van der Waals surface area contributed by atoms with Crippen molar-refractivity contribution in [3.63, 3.8) is 0 Å². The van der Waals surface area contributed by atoms with Gasteiger partial charge in [0.05, 0.1) is 0 Å². The average molecular weight is 942 g/mol. The van der Waals surface area contributed by atoms with Crippen LogP contribution in [0.5, 0.6) is 0 Å². The molecule has 1 atom stereocenters. The van der Waals surface area contributed by atoms with Crippen LogP contribution in [0.25, 0.3) is 0 Å². The van der Waals surface area contributed by atoms with Gasteiger partial charge in [-0.15, -0.1) is 0 Å². The van der Waals surface area contributed by atoms with Crippen LogP contribution >= 0.6 is 0 Å². The van der Waals surface area contributed by atoms with E-state index in [0.717, 1.165) is 96.3 Å². The summed E-state index contributed by atoms with van der Waals surface area (Å²) < 4.78 is 16.9. The highest BCUT2D eigenvalue weighted by Gasteiger charge is 2.19. The van der Waals surface area contributed by atoms with Gasteiger partial charge in [0.25, 0.3) is 0 Å². The van der Waals surface area contributed by atoms with Crippen LogP contribution in [0.4, 0.5) is 0 Å². The lowest BCUT2D eigenvalue weighted by atomic mass is 10.0. The second-order valence-corrected chi connectivity index (χ2v) is 19.9. The fraction of sp³-hybridized carbons (Fsp3) is 0.852. The van der Waals surface area contributed by atoms with Crippen molar-refractivity contribution in [3.05, 3.63) is 36.5 Å². The normalized spacial score (nSPS) is 12.2. The van der Waals surface area contributed by atoms with Gasteiger partial charge in [-0.05, 0) is 51.4 Å². The van der Waals surface area contributed by atoms with Crippen LogP contribution in [-0.4, -0.2) is 37.2 Å². The maximum atomic E-state index is 12.9. The molecule has 0 aliphatic rings. The molecule has 0 saturated heterocycles. The van der Waals surface area contributed by atoms with Crippen molar-refractivity contribution in [3.8, 4) is 0 Å². The van der Waals surface area contributed by atoms with Crippen molar-refractivity contribution in [1.82, 2.24) is 0 Å². The number of carbonyl (C=O) groups excluding carboxylic acids is 3. The van der Waals surface area contributed by atoms with E-state index in [2.05, 4.69) is 57.2 Å². The third kappa shape index (κ3) is 54.4. The zero-order valence-electron chi connectivity index (χ0n) is 44.9. The average Bonchev–Trinajstić information content (AvgIpc) is 3.33. The van der Waals surface area contributed by atoms with Crippen molar-refractivity contribution < 1.29 is 28.6 Å². The molecule has 0 saturated carbocycles. The Morgan fingerprint density at radius 3 is 0.910 bits per heavy atom. The lowest BCUT2D eigenvalue weighted by molar-refractivity contribution is -0.167. The van der Waals surface area contributed by atoms with Crippen molar-refractivity contribution >= 4 is 17.9 Å². The van der Waals surface area contributed by atoms with Gasteiger partial charge in [0.1, 0.15) is 13.2 Å². The van der Waals surface area contributed by atoms with Crippen LogP contribution in [-0.2, 0) is 28.6 Å². The van der Waals surface area contributed by atoms with Crippen LogP contribution < -0.4 is 0 Å². The van der Waals surface area contributed by atoms with E-state index in [0.29, 0.717) is 19.3 Å². The van der Waals surface area contributed by atoms with Crippen molar-refractivity contribution in [2.24, 2.45) is 0 Å². The Hall–Kier alpha value is -2.37. The molecule has 0 fully saturated rings. The Balaban J connectivity index is 4.34. The summed E-state index contributed by atoms with van der Waals surface area (Å²) in [5.74, 6) is -0.869. The summed E-state index contributed by atoms with van der Waals surface area (Å²) in [5, 5.41) is 0. The molecule has 0 aliphatic heterocycles. The number of hydrogen-bond acceptors (Lipinski definition) is 6. The molecule has 0 aromatic heterocycles. The van der Waals surface area contributed by atoms with Crippen LogP contribution in [0, 0.1) is 0 Å². The summed E-state index contributed by atoms with van der Waals surface area (Å²) >= 11 is 0. The van der Waals surface area contributed by atoms with Gasteiger partial charge < -0.3 is 14.2 Å². The molecule has 0 rings (SSSR count). The number of rotatable bonds is 54. The molecule has 0 aliphatic carbocycles. The summed E-state index contributed by atoms with van der Waals surface area (Å²) in [4.78, 5) is 38.2. The topological polar surface area (TPSA) is 78.9 Å². The van der Waals surface area contributed by atoms with E-state index in [4.69, 9.17) is 14.2 Å². The lowest BCUT2D eigenvalue weighted by Gasteiger charge is -2.18. The summed E-state index contributed by atoms with van der Waals surface area (Å²) in [6.07, 6.45) is 67.1. The molecule has 6 heteroatoms. The molecule has 1 unspecified atom stereocenters. The molecular formula is C61H112O6. The minimum absolute atomic E-state index is 0.0725. The van der Waals surface area contributed by atoms with Gasteiger partial charge in [0.2, 0.25) is 0 Å². The van der Waals surface area contributed by atoms with Gasteiger partial charge in [0.15, 0.2) is 6.10 Å². The first-order valence-electron chi connectivity index (χ1n) is 29.5. The quantitative estimate of drug-likeness (QED) is 0.0262. The molecule has 0 N–H and O–H groups in total. The summed E-state index contributed by atoms with van der Waals surface area (Å²) in [5.41, 5.74) is 0. The highest BCUT2D eigenvalue weighted by atomic mass is 16.6. The number of carbonyl (C=O) groups is 3. The minimum Gasteiger partial charge on any atom is -0.462 e.